The molecule has 2 aromatic rings. The molecular weight excluding hydrogens is 302 g/mol. The number of carbonyl (C=O) groups is 2. The number of hydrogen-bond acceptors (Lipinski definition) is 3. The molecule has 0 aliphatic heterocycles. The number of nitrogens with zero attached hydrogens (tertiary/aromatic N) is 1. The van der Waals surface area contributed by atoms with Gasteiger partial charge < -0.3 is 9.64 Å². The summed E-state index contributed by atoms with van der Waals surface area (Å²) in [5.41, 5.74) is 1.14. The summed E-state index contributed by atoms with van der Waals surface area (Å²) in [6.45, 7) is 2.07. The third-order valence-corrected chi connectivity index (χ3v) is 3.34. The van der Waals surface area contributed by atoms with Gasteiger partial charge in [-0.1, -0.05) is 29.8 Å². The van der Waals surface area contributed by atoms with Crippen LogP contribution in [0.2, 0.25) is 5.02 Å². The zero-order valence-electron chi connectivity index (χ0n) is 12.2. The summed E-state index contributed by atoms with van der Waals surface area (Å²) < 4.78 is 5.06. The van der Waals surface area contributed by atoms with E-state index < -0.39 is 5.97 Å². The number of rotatable bonds is 5. The van der Waals surface area contributed by atoms with Crippen LogP contribution in [0.15, 0.2) is 54.6 Å². The molecule has 0 unspecified atom stereocenters. The van der Waals surface area contributed by atoms with Gasteiger partial charge >= 0.3 is 5.97 Å². The zero-order valence-corrected chi connectivity index (χ0v) is 12.9. The van der Waals surface area contributed by atoms with E-state index in [2.05, 4.69) is 0 Å². The molecule has 0 bridgehead atoms. The van der Waals surface area contributed by atoms with Crippen LogP contribution < -0.4 is 4.90 Å². The maximum absolute atomic E-state index is 12.2. The summed E-state index contributed by atoms with van der Waals surface area (Å²) in [4.78, 5) is 25.6. The van der Waals surface area contributed by atoms with Gasteiger partial charge in [-0.2, -0.15) is 0 Å². The maximum atomic E-state index is 12.2. The number of likely N-dealkylation sites (N-methyl/N-ethyl adjacent to an activating group) is 1. The fraction of sp³-hybridized carbons (Fsp3) is 0.176. The van der Waals surface area contributed by atoms with Gasteiger partial charge in [0.1, 0.15) is 0 Å². The molecule has 0 saturated heterocycles. The molecule has 0 radical (unpaired) electrons. The van der Waals surface area contributed by atoms with E-state index in [1.807, 2.05) is 37.3 Å². The van der Waals surface area contributed by atoms with Gasteiger partial charge in [-0.15, -0.1) is 0 Å². The summed E-state index contributed by atoms with van der Waals surface area (Å²) in [6.07, 6.45) is 0. The van der Waals surface area contributed by atoms with Gasteiger partial charge in [-0.25, -0.2) is 4.79 Å². The van der Waals surface area contributed by atoms with Gasteiger partial charge in [0.25, 0.3) is 5.91 Å². The van der Waals surface area contributed by atoms with Gasteiger partial charge in [0, 0.05) is 17.3 Å². The Balaban J connectivity index is 1.96. The van der Waals surface area contributed by atoms with E-state index in [0.29, 0.717) is 17.1 Å². The minimum Gasteiger partial charge on any atom is -0.452 e. The lowest BCUT2D eigenvalue weighted by Gasteiger charge is -2.20. The topological polar surface area (TPSA) is 46.6 Å². The summed E-state index contributed by atoms with van der Waals surface area (Å²) in [5, 5.41) is 0.536. The minimum atomic E-state index is -0.547. The molecule has 22 heavy (non-hydrogen) atoms. The van der Waals surface area contributed by atoms with Crippen LogP contribution in [0.5, 0.6) is 0 Å². The van der Waals surface area contributed by atoms with Crippen LogP contribution in [-0.4, -0.2) is 25.0 Å². The van der Waals surface area contributed by atoms with Crippen molar-refractivity contribution in [1.29, 1.82) is 0 Å². The monoisotopic (exact) mass is 317 g/mol. The number of para-hydroxylation sites is 1. The molecule has 0 aliphatic carbocycles. The van der Waals surface area contributed by atoms with E-state index in [4.69, 9.17) is 16.3 Å². The maximum Gasteiger partial charge on any atom is 0.338 e. The van der Waals surface area contributed by atoms with Gasteiger partial charge in [0.2, 0.25) is 0 Å². The van der Waals surface area contributed by atoms with Crippen LogP contribution in [0, 0.1) is 0 Å². The van der Waals surface area contributed by atoms with E-state index in [9.17, 15) is 9.59 Å². The molecule has 0 fully saturated rings. The first-order chi connectivity index (χ1) is 10.6. The number of ether oxygens (including phenoxy) is 1. The Bertz CT molecular complexity index is 641. The van der Waals surface area contributed by atoms with Gasteiger partial charge in [-0.3, -0.25) is 4.79 Å². The van der Waals surface area contributed by atoms with Crippen molar-refractivity contribution in [3.8, 4) is 0 Å². The Hall–Kier alpha value is -2.33. The summed E-state index contributed by atoms with van der Waals surface area (Å²) in [5.74, 6) is -0.815. The molecule has 4 nitrogen and oxygen atoms in total. The predicted octanol–water partition coefficient (Wildman–Crippen LogP) is 3.55. The average Bonchev–Trinajstić information content (AvgIpc) is 2.55. The normalized spacial score (nSPS) is 10.1. The minimum absolute atomic E-state index is 0.268. The molecule has 0 saturated carbocycles. The van der Waals surface area contributed by atoms with E-state index in [1.165, 1.54) is 0 Å². The van der Waals surface area contributed by atoms with E-state index >= 15 is 0 Å². The number of carbonyl (C=O) groups excluding carboxylic acids is 2. The Labute approximate surface area is 134 Å². The van der Waals surface area contributed by atoms with Crippen molar-refractivity contribution in [3.63, 3.8) is 0 Å². The largest absolute Gasteiger partial charge is 0.452 e. The Morgan fingerprint density at radius 1 is 1.05 bits per heavy atom. The molecular formula is C17H16ClNO3. The van der Waals surface area contributed by atoms with Crippen molar-refractivity contribution in [1.82, 2.24) is 0 Å². The third-order valence-electron chi connectivity index (χ3n) is 3.09. The number of hydrogen-bond donors (Lipinski definition) is 0. The molecule has 5 heteroatoms. The van der Waals surface area contributed by atoms with E-state index in [1.54, 1.807) is 29.2 Å². The van der Waals surface area contributed by atoms with Crippen LogP contribution in [-0.2, 0) is 9.53 Å². The number of amides is 1. The van der Waals surface area contributed by atoms with Crippen molar-refractivity contribution in [2.45, 2.75) is 6.92 Å². The Morgan fingerprint density at radius 3 is 2.27 bits per heavy atom. The fourth-order valence-corrected chi connectivity index (χ4v) is 2.11. The van der Waals surface area contributed by atoms with Crippen LogP contribution in [0.1, 0.15) is 17.3 Å². The molecule has 0 aromatic heterocycles. The van der Waals surface area contributed by atoms with Crippen molar-refractivity contribution in [2.75, 3.05) is 18.1 Å². The molecule has 0 aliphatic rings. The lowest BCUT2D eigenvalue weighted by molar-refractivity contribution is -0.121. The molecule has 114 valence electrons. The first-order valence-electron chi connectivity index (χ1n) is 6.90. The first kappa shape index (κ1) is 16.0. The SMILES string of the molecule is CCN(C(=O)COC(=O)c1ccc(Cl)cc1)c1ccccc1. The van der Waals surface area contributed by atoms with E-state index in [0.717, 1.165) is 5.69 Å². The number of esters is 1. The molecule has 1 amide bonds. The third kappa shape index (κ3) is 4.09. The van der Waals surface area contributed by atoms with Crippen molar-refractivity contribution < 1.29 is 14.3 Å². The highest BCUT2D eigenvalue weighted by Crippen LogP contribution is 2.14. The van der Waals surface area contributed by atoms with Crippen LogP contribution >= 0.6 is 11.6 Å². The molecule has 0 heterocycles. The average molecular weight is 318 g/mol. The second-order valence-corrected chi connectivity index (χ2v) is 4.99. The van der Waals surface area contributed by atoms with Crippen molar-refractivity contribution in [3.05, 3.63) is 65.2 Å². The van der Waals surface area contributed by atoms with Crippen LogP contribution in [0.3, 0.4) is 0 Å². The second-order valence-electron chi connectivity index (χ2n) is 4.56. The Kier molecular flexibility index (Phi) is 5.55. The Morgan fingerprint density at radius 2 is 1.68 bits per heavy atom. The molecule has 0 N–H and O–H groups in total. The molecule has 0 atom stereocenters. The predicted molar refractivity (Wildman–Crippen MR) is 86.2 cm³/mol. The lowest BCUT2D eigenvalue weighted by atomic mass is 10.2. The quantitative estimate of drug-likeness (QED) is 0.792. The number of benzene rings is 2. The zero-order chi connectivity index (χ0) is 15.9. The number of anilines is 1. The molecule has 0 spiro atoms. The van der Waals surface area contributed by atoms with Gasteiger partial charge in [-0.05, 0) is 43.3 Å². The van der Waals surface area contributed by atoms with Crippen LogP contribution in [0.25, 0.3) is 0 Å². The van der Waals surface area contributed by atoms with E-state index in [-0.39, 0.29) is 12.5 Å². The first-order valence-corrected chi connectivity index (χ1v) is 7.27. The van der Waals surface area contributed by atoms with Crippen molar-refractivity contribution in [2.24, 2.45) is 0 Å². The highest BCUT2D eigenvalue weighted by Gasteiger charge is 2.16. The highest BCUT2D eigenvalue weighted by molar-refractivity contribution is 6.30. The lowest BCUT2D eigenvalue weighted by Crippen LogP contribution is -2.34. The van der Waals surface area contributed by atoms with Gasteiger partial charge in [0.05, 0.1) is 5.56 Å². The fourth-order valence-electron chi connectivity index (χ4n) is 1.99. The molecule has 2 rings (SSSR count). The smallest absolute Gasteiger partial charge is 0.338 e. The van der Waals surface area contributed by atoms with Gasteiger partial charge in [0.15, 0.2) is 6.61 Å². The summed E-state index contributed by atoms with van der Waals surface area (Å²) in [6, 6.07) is 15.6. The molecule has 2 aromatic carbocycles. The summed E-state index contributed by atoms with van der Waals surface area (Å²) >= 11 is 5.76. The number of halogens is 1. The van der Waals surface area contributed by atoms with Crippen molar-refractivity contribution >= 4 is 29.2 Å². The highest BCUT2D eigenvalue weighted by atomic mass is 35.5. The summed E-state index contributed by atoms with van der Waals surface area (Å²) in [7, 11) is 0. The second kappa shape index (κ2) is 7.61. The standard InChI is InChI=1S/C17H16ClNO3/c1-2-19(15-6-4-3-5-7-15)16(20)12-22-17(21)13-8-10-14(18)11-9-13/h3-11H,2,12H2,1H3. The van der Waals surface area contributed by atoms with Crippen LogP contribution in [0.4, 0.5) is 5.69 Å².